The molecule has 1 aromatic heterocycles. The van der Waals surface area contributed by atoms with Gasteiger partial charge in [0.05, 0.1) is 24.1 Å². The van der Waals surface area contributed by atoms with Crippen LogP contribution in [-0.4, -0.2) is 17.9 Å². The first-order chi connectivity index (χ1) is 11.6. The molecule has 24 heavy (non-hydrogen) atoms. The quantitative estimate of drug-likeness (QED) is 0.630. The summed E-state index contributed by atoms with van der Waals surface area (Å²) >= 11 is 0. The van der Waals surface area contributed by atoms with Crippen LogP contribution in [0.25, 0.3) is 10.9 Å². The van der Waals surface area contributed by atoms with Gasteiger partial charge in [-0.1, -0.05) is 44.2 Å². The second-order valence-corrected chi connectivity index (χ2v) is 6.25. The van der Waals surface area contributed by atoms with E-state index < -0.39 is 0 Å². The number of fused-ring (bicyclic) bond motifs is 1. The number of hydrogen-bond acceptors (Lipinski definition) is 3. The van der Waals surface area contributed by atoms with Crippen molar-refractivity contribution in [2.45, 2.75) is 19.8 Å². The number of rotatable bonds is 5. The van der Waals surface area contributed by atoms with Crippen LogP contribution in [0.4, 0.5) is 0 Å². The maximum absolute atomic E-state index is 13.2. The average Bonchev–Trinajstić information content (AvgIpc) is 2.61. The molecule has 0 fully saturated rings. The third kappa shape index (κ3) is 3.02. The lowest BCUT2D eigenvalue weighted by Crippen LogP contribution is -2.19. The minimum atomic E-state index is -0.251. The molecule has 0 N–H and O–H groups in total. The number of carbonyl (C=O) groups is 1. The second kappa shape index (κ2) is 6.83. The molecule has 3 aromatic rings. The lowest BCUT2D eigenvalue weighted by Gasteiger charge is -2.21. The average molecular weight is 319 g/mol. The fourth-order valence-electron chi connectivity index (χ4n) is 3.11. The van der Waals surface area contributed by atoms with Gasteiger partial charge in [0.15, 0.2) is 5.78 Å². The van der Waals surface area contributed by atoms with E-state index in [4.69, 9.17) is 4.74 Å². The van der Waals surface area contributed by atoms with Crippen molar-refractivity contribution in [3.05, 3.63) is 71.9 Å². The number of benzene rings is 2. The summed E-state index contributed by atoms with van der Waals surface area (Å²) in [6, 6.07) is 17.4. The molecule has 0 saturated heterocycles. The van der Waals surface area contributed by atoms with Crippen LogP contribution in [0.15, 0.2) is 60.8 Å². The van der Waals surface area contributed by atoms with Crippen LogP contribution in [0.3, 0.4) is 0 Å². The maximum Gasteiger partial charge on any atom is 0.174 e. The number of nitrogens with zero attached hydrogens (tertiary/aromatic N) is 1. The first-order valence-electron chi connectivity index (χ1n) is 8.13. The van der Waals surface area contributed by atoms with E-state index in [1.165, 1.54) is 0 Å². The number of Topliss-reactive ketones (excluding diaryl/α,β-unsaturated/α-hetero) is 1. The van der Waals surface area contributed by atoms with Gasteiger partial charge in [-0.25, -0.2) is 0 Å². The third-order valence-electron chi connectivity index (χ3n) is 4.29. The largest absolute Gasteiger partial charge is 0.496 e. The highest BCUT2D eigenvalue weighted by atomic mass is 16.5. The van der Waals surface area contributed by atoms with E-state index in [-0.39, 0.29) is 17.6 Å². The van der Waals surface area contributed by atoms with Crippen LogP contribution < -0.4 is 4.74 Å². The third-order valence-corrected chi connectivity index (χ3v) is 4.29. The van der Waals surface area contributed by atoms with Crippen molar-refractivity contribution >= 4 is 16.7 Å². The smallest absolute Gasteiger partial charge is 0.174 e. The van der Waals surface area contributed by atoms with Gasteiger partial charge in [0.2, 0.25) is 0 Å². The van der Waals surface area contributed by atoms with Gasteiger partial charge in [-0.2, -0.15) is 0 Å². The summed E-state index contributed by atoms with van der Waals surface area (Å²) in [6.45, 7) is 4.13. The Hall–Kier alpha value is -2.68. The number of pyridine rings is 1. The molecule has 3 nitrogen and oxygen atoms in total. The molecule has 1 unspecified atom stereocenters. The Kier molecular flexibility index (Phi) is 4.61. The molecule has 0 radical (unpaired) electrons. The van der Waals surface area contributed by atoms with Gasteiger partial charge in [-0.15, -0.1) is 0 Å². The number of ketones is 1. The summed E-state index contributed by atoms with van der Waals surface area (Å²) in [5, 5.41) is 1.05. The maximum atomic E-state index is 13.2. The zero-order valence-electron chi connectivity index (χ0n) is 14.2. The van der Waals surface area contributed by atoms with E-state index in [0.29, 0.717) is 11.3 Å². The van der Waals surface area contributed by atoms with E-state index in [9.17, 15) is 4.79 Å². The Balaban J connectivity index is 2.07. The van der Waals surface area contributed by atoms with Crippen molar-refractivity contribution < 1.29 is 9.53 Å². The molecule has 0 amide bonds. The van der Waals surface area contributed by atoms with Crippen molar-refractivity contribution in [1.29, 1.82) is 0 Å². The monoisotopic (exact) mass is 319 g/mol. The Morgan fingerprint density at radius 1 is 1.04 bits per heavy atom. The molecule has 1 atom stereocenters. The molecule has 3 heteroatoms. The molecular weight excluding hydrogens is 298 g/mol. The molecule has 0 aliphatic carbocycles. The topological polar surface area (TPSA) is 39.2 Å². The summed E-state index contributed by atoms with van der Waals surface area (Å²) in [4.78, 5) is 17.7. The second-order valence-electron chi connectivity index (χ2n) is 6.25. The molecule has 1 heterocycles. The van der Waals surface area contributed by atoms with Crippen LogP contribution >= 0.6 is 0 Å². The van der Waals surface area contributed by atoms with E-state index in [0.717, 1.165) is 16.5 Å². The first kappa shape index (κ1) is 16.2. The minimum absolute atomic E-state index is 0.0690. The highest BCUT2D eigenvalue weighted by molar-refractivity contribution is 6.03. The summed E-state index contributed by atoms with van der Waals surface area (Å²) < 4.78 is 5.37. The van der Waals surface area contributed by atoms with Crippen LogP contribution in [0.5, 0.6) is 5.75 Å². The molecule has 0 aliphatic rings. The van der Waals surface area contributed by atoms with Crippen LogP contribution in [0, 0.1) is 5.92 Å². The fraction of sp³-hybridized carbons (Fsp3) is 0.238. The van der Waals surface area contributed by atoms with Gasteiger partial charge in [-0.3, -0.25) is 9.78 Å². The summed E-state index contributed by atoms with van der Waals surface area (Å²) in [5.41, 5.74) is 2.50. The Labute approximate surface area is 142 Å². The van der Waals surface area contributed by atoms with Gasteiger partial charge < -0.3 is 4.74 Å². The fourth-order valence-corrected chi connectivity index (χ4v) is 3.11. The van der Waals surface area contributed by atoms with Crippen molar-refractivity contribution in [3.63, 3.8) is 0 Å². The van der Waals surface area contributed by atoms with Gasteiger partial charge >= 0.3 is 0 Å². The Bertz CT molecular complexity index is 870. The van der Waals surface area contributed by atoms with Crippen LogP contribution in [0.1, 0.15) is 35.7 Å². The predicted molar refractivity (Wildman–Crippen MR) is 96.6 cm³/mol. The van der Waals surface area contributed by atoms with Crippen molar-refractivity contribution in [2.75, 3.05) is 7.11 Å². The van der Waals surface area contributed by atoms with E-state index in [1.807, 2.05) is 54.7 Å². The van der Waals surface area contributed by atoms with E-state index in [1.54, 1.807) is 7.11 Å². The highest BCUT2D eigenvalue weighted by Gasteiger charge is 2.27. The minimum Gasteiger partial charge on any atom is -0.496 e. The lowest BCUT2D eigenvalue weighted by atomic mass is 9.82. The Morgan fingerprint density at radius 2 is 1.75 bits per heavy atom. The molecule has 0 spiro atoms. The SMILES string of the molecule is COc1ccccc1C(=O)C(c1cnc2ccccc2c1)C(C)C. The van der Waals surface area contributed by atoms with Gasteiger partial charge in [-0.05, 0) is 35.7 Å². The molecule has 0 saturated carbocycles. The van der Waals surface area contributed by atoms with Gasteiger partial charge in [0, 0.05) is 11.6 Å². The van der Waals surface area contributed by atoms with Crippen molar-refractivity contribution in [1.82, 2.24) is 4.98 Å². The number of aromatic nitrogens is 1. The zero-order chi connectivity index (χ0) is 17.1. The first-order valence-corrected chi connectivity index (χ1v) is 8.13. The molecular formula is C21H21NO2. The number of carbonyl (C=O) groups excluding carboxylic acids is 1. The molecule has 3 rings (SSSR count). The highest BCUT2D eigenvalue weighted by Crippen LogP contribution is 2.32. The predicted octanol–water partition coefficient (Wildman–Crippen LogP) is 4.87. The van der Waals surface area contributed by atoms with E-state index in [2.05, 4.69) is 24.9 Å². The molecule has 0 aliphatic heterocycles. The summed E-state index contributed by atoms with van der Waals surface area (Å²) in [7, 11) is 1.59. The number of para-hydroxylation sites is 2. The van der Waals surface area contributed by atoms with Crippen LogP contribution in [-0.2, 0) is 0 Å². The number of hydrogen-bond donors (Lipinski definition) is 0. The van der Waals surface area contributed by atoms with Gasteiger partial charge in [0.25, 0.3) is 0 Å². The Morgan fingerprint density at radius 3 is 2.50 bits per heavy atom. The van der Waals surface area contributed by atoms with Crippen molar-refractivity contribution in [2.24, 2.45) is 5.92 Å². The van der Waals surface area contributed by atoms with Crippen LogP contribution in [0.2, 0.25) is 0 Å². The summed E-state index contributed by atoms with van der Waals surface area (Å²) in [5.74, 6) is 0.588. The normalized spacial score (nSPS) is 12.3. The molecule has 122 valence electrons. The van der Waals surface area contributed by atoms with E-state index >= 15 is 0 Å². The number of ether oxygens (including phenoxy) is 1. The standard InChI is InChI=1S/C21H21NO2/c1-14(2)20(21(23)17-9-5-7-11-19(17)24-3)16-12-15-8-4-6-10-18(15)22-13-16/h4-14,20H,1-3H3. The van der Waals surface area contributed by atoms with Crippen molar-refractivity contribution in [3.8, 4) is 5.75 Å². The molecule has 0 bridgehead atoms. The zero-order valence-corrected chi connectivity index (χ0v) is 14.2. The van der Waals surface area contributed by atoms with Gasteiger partial charge in [0.1, 0.15) is 5.75 Å². The summed E-state index contributed by atoms with van der Waals surface area (Å²) in [6.07, 6.45) is 1.82. The molecule has 2 aromatic carbocycles. The number of methoxy groups -OCH3 is 1. The lowest BCUT2D eigenvalue weighted by molar-refractivity contribution is 0.0934.